The van der Waals surface area contributed by atoms with E-state index in [0.29, 0.717) is 40.6 Å². The topological polar surface area (TPSA) is 120 Å². The molecule has 0 atom stereocenters. The standard InChI is InChI=1S/C26H23FN4O5S/c1-36-24(32)9-12-37(34,35)20-4-2-3-17(13-20)26(10-11-26)30-25(33)22-14-28-16-23-21(22)15-29-31(23)19-7-5-18(27)6-8-19/h2-8,13-16H,9-12H2,1H3,(H,30,33). The molecule has 37 heavy (non-hydrogen) atoms. The Kier molecular flexibility index (Phi) is 6.24. The van der Waals surface area contributed by atoms with Crippen molar-refractivity contribution in [2.24, 2.45) is 0 Å². The summed E-state index contributed by atoms with van der Waals surface area (Å²) in [4.78, 5) is 29.1. The van der Waals surface area contributed by atoms with Gasteiger partial charge in [0.15, 0.2) is 9.84 Å². The predicted molar refractivity (Wildman–Crippen MR) is 132 cm³/mol. The number of hydrogen-bond donors (Lipinski definition) is 1. The van der Waals surface area contributed by atoms with Crippen molar-refractivity contribution in [2.45, 2.75) is 29.7 Å². The van der Waals surface area contributed by atoms with Crippen LogP contribution in [0.25, 0.3) is 16.6 Å². The van der Waals surface area contributed by atoms with Gasteiger partial charge in [0.1, 0.15) is 5.82 Å². The second kappa shape index (κ2) is 9.40. The normalized spacial score (nSPS) is 14.3. The molecule has 0 bridgehead atoms. The molecule has 1 aliphatic rings. The lowest BCUT2D eigenvalue weighted by Gasteiger charge is -2.19. The number of nitrogens with one attached hydrogen (secondary N) is 1. The molecule has 1 saturated carbocycles. The highest BCUT2D eigenvalue weighted by Crippen LogP contribution is 2.46. The van der Waals surface area contributed by atoms with E-state index in [1.54, 1.807) is 47.4 Å². The van der Waals surface area contributed by atoms with Crippen LogP contribution in [0, 0.1) is 5.82 Å². The molecule has 0 aliphatic heterocycles. The van der Waals surface area contributed by atoms with E-state index in [9.17, 15) is 22.4 Å². The predicted octanol–water partition coefficient (Wildman–Crippen LogP) is 3.32. The highest BCUT2D eigenvalue weighted by atomic mass is 32.2. The van der Waals surface area contributed by atoms with Crippen LogP contribution in [0.3, 0.4) is 0 Å². The fraction of sp³-hybridized carbons (Fsp3) is 0.231. The molecule has 5 rings (SSSR count). The lowest BCUT2D eigenvalue weighted by Crippen LogP contribution is -2.35. The number of rotatable bonds is 8. The van der Waals surface area contributed by atoms with Gasteiger partial charge in [-0.25, -0.2) is 17.5 Å². The van der Waals surface area contributed by atoms with Crippen LogP contribution >= 0.6 is 0 Å². The molecule has 0 radical (unpaired) electrons. The van der Waals surface area contributed by atoms with Gasteiger partial charge in [0, 0.05) is 11.6 Å². The van der Waals surface area contributed by atoms with E-state index >= 15 is 0 Å². The zero-order valence-electron chi connectivity index (χ0n) is 19.8. The van der Waals surface area contributed by atoms with Crippen molar-refractivity contribution in [3.05, 3.63) is 84.1 Å². The maximum atomic E-state index is 13.4. The van der Waals surface area contributed by atoms with Crippen LogP contribution in [0.15, 0.2) is 72.0 Å². The molecule has 2 aromatic heterocycles. The van der Waals surface area contributed by atoms with E-state index in [1.165, 1.54) is 31.5 Å². The van der Waals surface area contributed by atoms with Crippen molar-refractivity contribution in [1.82, 2.24) is 20.1 Å². The number of nitrogens with zero attached hydrogens (tertiary/aromatic N) is 3. The van der Waals surface area contributed by atoms with Gasteiger partial charge in [0.2, 0.25) is 0 Å². The van der Waals surface area contributed by atoms with Gasteiger partial charge in [-0.1, -0.05) is 12.1 Å². The number of sulfone groups is 1. The number of carbonyl (C=O) groups excluding carboxylic acids is 2. The Labute approximate surface area is 212 Å². The molecule has 1 N–H and O–H groups in total. The molecule has 1 fully saturated rings. The number of esters is 1. The van der Waals surface area contributed by atoms with Crippen LogP contribution in [0.1, 0.15) is 35.2 Å². The summed E-state index contributed by atoms with van der Waals surface area (Å²) in [5.41, 5.74) is 1.49. The van der Waals surface area contributed by atoms with Crippen molar-refractivity contribution in [2.75, 3.05) is 12.9 Å². The molecule has 11 heteroatoms. The maximum Gasteiger partial charge on any atom is 0.306 e. The quantitative estimate of drug-likeness (QED) is 0.353. The van der Waals surface area contributed by atoms with Gasteiger partial charge in [-0.3, -0.25) is 14.6 Å². The van der Waals surface area contributed by atoms with Gasteiger partial charge >= 0.3 is 5.97 Å². The third-order valence-corrected chi connectivity index (χ3v) is 8.18. The van der Waals surface area contributed by atoms with Gasteiger partial charge in [-0.05, 0) is 54.8 Å². The number of ether oxygens (including phenoxy) is 1. The zero-order chi connectivity index (χ0) is 26.2. The molecule has 0 spiro atoms. The summed E-state index contributed by atoms with van der Waals surface area (Å²) in [5, 5.41) is 7.99. The van der Waals surface area contributed by atoms with Crippen LogP contribution in [-0.2, 0) is 24.9 Å². The zero-order valence-corrected chi connectivity index (χ0v) is 20.7. The van der Waals surface area contributed by atoms with E-state index in [0.717, 1.165) is 0 Å². The molecule has 2 heterocycles. The monoisotopic (exact) mass is 522 g/mol. The van der Waals surface area contributed by atoms with Crippen LogP contribution in [0.5, 0.6) is 0 Å². The van der Waals surface area contributed by atoms with E-state index < -0.39 is 21.3 Å². The number of halogens is 1. The molecule has 9 nitrogen and oxygen atoms in total. The van der Waals surface area contributed by atoms with Gasteiger partial charge in [0.05, 0.1) is 58.9 Å². The minimum absolute atomic E-state index is 0.0822. The highest BCUT2D eigenvalue weighted by molar-refractivity contribution is 7.91. The third kappa shape index (κ3) is 4.82. The average molecular weight is 523 g/mol. The van der Waals surface area contributed by atoms with Gasteiger partial charge in [-0.15, -0.1) is 0 Å². The van der Waals surface area contributed by atoms with Crippen LogP contribution in [-0.4, -0.2) is 47.9 Å². The van der Waals surface area contributed by atoms with Crippen LogP contribution in [0.4, 0.5) is 4.39 Å². The number of hydrogen-bond acceptors (Lipinski definition) is 7. The van der Waals surface area contributed by atoms with E-state index in [4.69, 9.17) is 0 Å². The molecule has 1 amide bonds. The summed E-state index contributed by atoms with van der Waals surface area (Å²) in [7, 11) is -2.51. The fourth-order valence-corrected chi connectivity index (χ4v) is 5.49. The van der Waals surface area contributed by atoms with E-state index in [-0.39, 0.29) is 28.8 Å². The first-order valence-corrected chi connectivity index (χ1v) is 13.2. The lowest BCUT2D eigenvalue weighted by atomic mass is 10.0. The second-order valence-electron chi connectivity index (χ2n) is 8.86. The molecule has 0 unspecified atom stereocenters. The third-order valence-electron chi connectivity index (χ3n) is 6.46. The summed E-state index contributed by atoms with van der Waals surface area (Å²) in [6.07, 6.45) is 5.64. The Morgan fingerprint density at radius 3 is 2.57 bits per heavy atom. The molecule has 1 aliphatic carbocycles. The molecular weight excluding hydrogens is 499 g/mol. The number of benzene rings is 2. The Morgan fingerprint density at radius 1 is 1.11 bits per heavy atom. The van der Waals surface area contributed by atoms with Crippen molar-refractivity contribution in [1.29, 1.82) is 0 Å². The number of pyridine rings is 1. The lowest BCUT2D eigenvalue weighted by molar-refractivity contribution is -0.140. The van der Waals surface area contributed by atoms with Crippen LogP contribution < -0.4 is 5.32 Å². The summed E-state index contributed by atoms with van der Waals surface area (Å²) < 4.78 is 45.0. The summed E-state index contributed by atoms with van der Waals surface area (Å²) in [5.74, 6) is -1.70. The average Bonchev–Trinajstić information content (AvgIpc) is 3.56. The minimum atomic E-state index is -3.71. The molecular formula is C26H23FN4O5S. The Morgan fingerprint density at radius 2 is 1.86 bits per heavy atom. The van der Waals surface area contributed by atoms with E-state index in [1.807, 2.05) is 0 Å². The largest absolute Gasteiger partial charge is 0.469 e. The smallest absolute Gasteiger partial charge is 0.306 e. The summed E-state index contributed by atoms with van der Waals surface area (Å²) in [6, 6.07) is 12.2. The van der Waals surface area contributed by atoms with Gasteiger partial charge in [-0.2, -0.15) is 5.10 Å². The number of methoxy groups -OCH3 is 1. The highest BCUT2D eigenvalue weighted by Gasteiger charge is 2.46. The molecule has 0 saturated heterocycles. The van der Waals surface area contributed by atoms with Gasteiger partial charge < -0.3 is 10.1 Å². The van der Waals surface area contributed by atoms with Crippen molar-refractivity contribution in [3.63, 3.8) is 0 Å². The van der Waals surface area contributed by atoms with Crippen LogP contribution in [0.2, 0.25) is 0 Å². The Hall–Kier alpha value is -4.12. The van der Waals surface area contributed by atoms with Crippen molar-refractivity contribution >= 4 is 32.6 Å². The van der Waals surface area contributed by atoms with Crippen molar-refractivity contribution in [3.8, 4) is 5.69 Å². The number of amides is 1. The molecule has 2 aromatic carbocycles. The number of fused-ring (bicyclic) bond motifs is 1. The molecule has 4 aromatic rings. The first-order valence-electron chi connectivity index (χ1n) is 11.5. The van der Waals surface area contributed by atoms with Crippen molar-refractivity contribution < 1.29 is 27.1 Å². The van der Waals surface area contributed by atoms with E-state index in [2.05, 4.69) is 20.1 Å². The maximum absolute atomic E-state index is 13.4. The SMILES string of the molecule is COC(=O)CCS(=O)(=O)c1cccc(C2(NC(=O)c3cncc4c3cnn4-c3ccc(F)cc3)CC2)c1. The van der Waals surface area contributed by atoms with Gasteiger partial charge in [0.25, 0.3) is 5.91 Å². The summed E-state index contributed by atoms with van der Waals surface area (Å²) >= 11 is 0. The fourth-order valence-electron chi connectivity index (χ4n) is 4.23. The minimum Gasteiger partial charge on any atom is -0.469 e. The Bertz CT molecular complexity index is 1610. The first kappa shape index (κ1) is 24.6. The number of carbonyl (C=O) groups is 2. The second-order valence-corrected chi connectivity index (χ2v) is 11.0. The Balaban J connectivity index is 1.40. The number of aromatic nitrogens is 3. The summed E-state index contributed by atoms with van der Waals surface area (Å²) in [6.45, 7) is 0. The molecule has 190 valence electrons. The first-order chi connectivity index (χ1) is 17.7.